The normalized spacial score (nSPS) is 11.3. The molecule has 0 atom stereocenters. The van der Waals surface area contributed by atoms with E-state index in [1.807, 2.05) is 12.4 Å². The monoisotopic (exact) mass is 348 g/mol. The first kappa shape index (κ1) is 15.8. The molecular formula is C25H20N2. The number of fused-ring (bicyclic) bond motifs is 3. The number of benzene rings is 3. The highest BCUT2D eigenvalue weighted by atomic mass is 15.0. The van der Waals surface area contributed by atoms with E-state index < -0.39 is 0 Å². The van der Waals surface area contributed by atoms with E-state index in [1.54, 1.807) is 0 Å². The summed E-state index contributed by atoms with van der Waals surface area (Å²) in [6, 6.07) is 29.9. The van der Waals surface area contributed by atoms with E-state index in [1.165, 1.54) is 38.5 Å². The van der Waals surface area contributed by atoms with Crippen LogP contribution in [-0.2, 0) is 13.0 Å². The summed E-state index contributed by atoms with van der Waals surface area (Å²) in [7, 11) is 0. The predicted molar refractivity (Wildman–Crippen MR) is 112 cm³/mol. The number of aromatic nitrogens is 2. The highest BCUT2D eigenvalue weighted by Crippen LogP contribution is 2.32. The molecule has 0 aliphatic heterocycles. The van der Waals surface area contributed by atoms with Crippen LogP contribution in [0, 0.1) is 0 Å². The summed E-state index contributed by atoms with van der Waals surface area (Å²) in [4.78, 5) is 4.59. The smallest absolute Gasteiger partial charge is 0.0683 e. The molecule has 0 amide bonds. The largest absolute Gasteiger partial charge is 0.335 e. The zero-order valence-electron chi connectivity index (χ0n) is 15.0. The van der Waals surface area contributed by atoms with Crippen molar-refractivity contribution in [2.45, 2.75) is 13.0 Å². The third-order valence-corrected chi connectivity index (χ3v) is 5.18. The van der Waals surface area contributed by atoms with Gasteiger partial charge < -0.3 is 4.57 Å². The molecule has 0 radical (unpaired) electrons. The van der Waals surface area contributed by atoms with Crippen molar-refractivity contribution in [2.75, 3.05) is 0 Å². The van der Waals surface area contributed by atoms with E-state index in [0.29, 0.717) is 0 Å². The van der Waals surface area contributed by atoms with E-state index >= 15 is 0 Å². The maximum Gasteiger partial charge on any atom is 0.0683 e. The van der Waals surface area contributed by atoms with Gasteiger partial charge in [0.25, 0.3) is 0 Å². The van der Waals surface area contributed by atoms with Crippen LogP contribution in [0.4, 0.5) is 0 Å². The van der Waals surface area contributed by atoms with Crippen molar-refractivity contribution >= 4 is 21.8 Å². The molecule has 2 heteroatoms. The number of nitrogens with zero attached hydrogens (tertiary/aromatic N) is 2. The van der Waals surface area contributed by atoms with E-state index in [9.17, 15) is 0 Å². The fourth-order valence-electron chi connectivity index (χ4n) is 3.94. The Morgan fingerprint density at radius 1 is 0.630 bits per heavy atom. The quantitative estimate of drug-likeness (QED) is 0.400. The van der Waals surface area contributed by atoms with Gasteiger partial charge in [-0.3, -0.25) is 4.98 Å². The molecular weight excluding hydrogens is 328 g/mol. The Morgan fingerprint density at radius 2 is 1.30 bits per heavy atom. The van der Waals surface area contributed by atoms with Crippen molar-refractivity contribution in [3.8, 4) is 0 Å². The fraction of sp³-hybridized carbons (Fsp3) is 0.0800. The minimum atomic E-state index is 0.849. The highest BCUT2D eigenvalue weighted by Gasteiger charge is 2.14. The van der Waals surface area contributed by atoms with Crippen LogP contribution >= 0.6 is 0 Å². The summed E-state index contributed by atoms with van der Waals surface area (Å²) in [5, 5.41) is 2.62. The topological polar surface area (TPSA) is 17.8 Å². The predicted octanol–water partition coefficient (Wildman–Crippen LogP) is 5.83. The number of hydrogen-bond donors (Lipinski definition) is 0. The lowest BCUT2D eigenvalue weighted by Crippen LogP contribution is -1.99. The second-order valence-corrected chi connectivity index (χ2v) is 6.94. The molecule has 0 aliphatic rings. The van der Waals surface area contributed by atoms with Crippen LogP contribution in [0.15, 0.2) is 97.3 Å². The lowest BCUT2D eigenvalue weighted by atomic mass is 10.0. The van der Waals surface area contributed by atoms with Gasteiger partial charge in [-0.1, -0.05) is 78.9 Å². The molecule has 2 aromatic heterocycles. The molecule has 0 N–H and O–H groups in total. The SMILES string of the molecule is c1ccc(Cc2cncc3c2c2ccccc2n3Cc2ccccc2)cc1. The van der Waals surface area contributed by atoms with E-state index in [-0.39, 0.29) is 0 Å². The van der Waals surface area contributed by atoms with Crippen molar-refractivity contribution < 1.29 is 0 Å². The summed E-state index contributed by atoms with van der Waals surface area (Å²) in [5.74, 6) is 0. The minimum Gasteiger partial charge on any atom is -0.335 e. The third kappa shape index (κ3) is 2.89. The molecule has 2 nitrogen and oxygen atoms in total. The van der Waals surface area contributed by atoms with Gasteiger partial charge in [0.1, 0.15) is 0 Å². The zero-order valence-corrected chi connectivity index (χ0v) is 15.0. The van der Waals surface area contributed by atoms with Gasteiger partial charge in [-0.05, 0) is 29.2 Å². The second-order valence-electron chi connectivity index (χ2n) is 6.94. The van der Waals surface area contributed by atoms with E-state index in [4.69, 9.17) is 0 Å². The molecule has 0 fully saturated rings. The van der Waals surface area contributed by atoms with Gasteiger partial charge in [0, 0.05) is 29.0 Å². The first-order valence-electron chi connectivity index (χ1n) is 9.32. The molecule has 27 heavy (non-hydrogen) atoms. The molecule has 0 saturated carbocycles. The first-order chi connectivity index (χ1) is 13.4. The Hall–Kier alpha value is -3.39. The summed E-state index contributed by atoms with van der Waals surface area (Å²) in [6.07, 6.45) is 4.92. The lowest BCUT2D eigenvalue weighted by molar-refractivity contribution is 0.866. The molecule has 130 valence electrons. The second kappa shape index (κ2) is 6.73. The Balaban J connectivity index is 1.72. The van der Waals surface area contributed by atoms with Crippen LogP contribution in [0.25, 0.3) is 21.8 Å². The van der Waals surface area contributed by atoms with Crippen LogP contribution in [-0.4, -0.2) is 9.55 Å². The summed E-state index contributed by atoms with van der Waals surface area (Å²) in [5.41, 5.74) is 6.36. The first-order valence-corrected chi connectivity index (χ1v) is 9.32. The number of rotatable bonds is 4. The molecule has 5 aromatic rings. The Kier molecular flexibility index (Phi) is 3.95. The van der Waals surface area contributed by atoms with Gasteiger partial charge in [-0.25, -0.2) is 0 Å². The van der Waals surface area contributed by atoms with Gasteiger partial charge in [0.15, 0.2) is 0 Å². The van der Waals surface area contributed by atoms with Crippen LogP contribution < -0.4 is 0 Å². The van der Waals surface area contributed by atoms with E-state index in [0.717, 1.165) is 13.0 Å². The third-order valence-electron chi connectivity index (χ3n) is 5.18. The van der Waals surface area contributed by atoms with Gasteiger partial charge in [-0.2, -0.15) is 0 Å². The molecule has 0 bridgehead atoms. The van der Waals surface area contributed by atoms with Gasteiger partial charge in [0.2, 0.25) is 0 Å². The van der Waals surface area contributed by atoms with Gasteiger partial charge in [-0.15, -0.1) is 0 Å². The van der Waals surface area contributed by atoms with Crippen LogP contribution in [0.3, 0.4) is 0 Å². The zero-order chi connectivity index (χ0) is 18.1. The van der Waals surface area contributed by atoms with Crippen molar-refractivity contribution in [1.29, 1.82) is 0 Å². The van der Waals surface area contributed by atoms with Crippen molar-refractivity contribution in [2.24, 2.45) is 0 Å². The molecule has 0 aliphatic carbocycles. The van der Waals surface area contributed by atoms with Gasteiger partial charge >= 0.3 is 0 Å². The molecule has 0 saturated heterocycles. The standard InChI is InChI=1S/C25H20N2/c1-3-9-19(10-4-1)15-21-16-26-17-24-25(21)22-13-7-8-14-23(22)27(24)18-20-11-5-2-6-12-20/h1-14,16-17H,15,18H2. The van der Waals surface area contributed by atoms with Crippen LogP contribution in [0.5, 0.6) is 0 Å². The Labute approximate surface area is 158 Å². The molecule has 0 spiro atoms. The minimum absolute atomic E-state index is 0.849. The summed E-state index contributed by atoms with van der Waals surface area (Å²) in [6.45, 7) is 0.849. The van der Waals surface area contributed by atoms with Crippen LogP contribution in [0.1, 0.15) is 16.7 Å². The summed E-state index contributed by atoms with van der Waals surface area (Å²) < 4.78 is 2.39. The maximum atomic E-state index is 4.59. The number of hydrogen-bond acceptors (Lipinski definition) is 1. The van der Waals surface area contributed by atoms with Crippen molar-refractivity contribution in [3.05, 3.63) is 114 Å². The average Bonchev–Trinajstić information content (AvgIpc) is 3.05. The molecule has 0 unspecified atom stereocenters. The van der Waals surface area contributed by atoms with Crippen molar-refractivity contribution in [1.82, 2.24) is 9.55 Å². The number of pyridine rings is 1. The number of para-hydroxylation sites is 1. The van der Waals surface area contributed by atoms with Gasteiger partial charge in [0.05, 0.1) is 11.7 Å². The van der Waals surface area contributed by atoms with E-state index in [2.05, 4.69) is 94.5 Å². The Bertz CT molecular complexity index is 1200. The average molecular weight is 348 g/mol. The Morgan fingerprint density at radius 3 is 2.07 bits per heavy atom. The maximum absolute atomic E-state index is 4.59. The van der Waals surface area contributed by atoms with Crippen LogP contribution in [0.2, 0.25) is 0 Å². The summed E-state index contributed by atoms with van der Waals surface area (Å²) >= 11 is 0. The molecule has 2 heterocycles. The molecule has 5 rings (SSSR count). The fourth-order valence-corrected chi connectivity index (χ4v) is 3.94. The lowest BCUT2D eigenvalue weighted by Gasteiger charge is -2.08. The highest BCUT2D eigenvalue weighted by molar-refractivity contribution is 6.09. The van der Waals surface area contributed by atoms with Crippen molar-refractivity contribution in [3.63, 3.8) is 0 Å². The molecule has 3 aromatic carbocycles.